The van der Waals surface area contributed by atoms with E-state index in [0.717, 1.165) is 42.0 Å². The lowest BCUT2D eigenvalue weighted by atomic mass is 9.91. The minimum Gasteiger partial charge on any atom is -0.460 e. The maximum atomic E-state index is 13.4. The highest BCUT2D eigenvalue weighted by Crippen LogP contribution is 2.39. The Hall–Kier alpha value is -3.35. The number of carbonyl (C=O) groups is 1. The molecule has 0 N–H and O–H groups in total. The number of ether oxygens (including phenoxy) is 1. The van der Waals surface area contributed by atoms with Crippen LogP contribution in [0, 0.1) is 10.1 Å². The molecule has 1 aliphatic carbocycles. The summed E-state index contributed by atoms with van der Waals surface area (Å²) < 4.78 is 52.1. The van der Waals surface area contributed by atoms with Crippen molar-refractivity contribution in [2.75, 3.05) is 44.7 Å². The number of piperazine rings is 1. The third-order valence-electron chi connectivity index (χ3n) is 8.16. The number of furan rings is 1. The average molecular weight is 609 g/mol. The minimum atomic E-state index is -4.83. The Morgan fingerprint density at radius 1 is 1.10 bits per heavy atom. The number of halogens is 4. The van der Waals surface area contributed by atoms with Crippen molar-refractivity contribution in [3.05, 3.63) is 68.9 Å². The first-order valence-corrected chi connectivity index (χ1v) is 14.2. The number of fused-ring (bicyclic) bond motifs is 1. The molecule has 1 aliphatic heterocycles. The monoisotopic (exact) mass is 608 g/mol. The Morgan fingerprint density at radius 2 is 1.81 bits per heavy atom. The van der Waals surface area contributed by atoms with Gasteiger partial charge in [0.15, 0.2) is 0 Å². The number of alkyl halides is 3. The maximum absolute atomic E-state index is 13.4. The van der Waals surface area contributed by atoms with Gasteiger partial charge in [-0.25, -0.2) is 0 Å². The topological polar surface area (TPSA) is 92.3 Å². The lowest BCUT2D eigenvalue weighted by Gasteiger charge is -2.37. The Balaban J connectivity index is 1.05. The van der Waals surface area contributed by atoms with Crippen LogP contribution in [0.3, 0.4) is 0 Å². The highest BCUT2D eigenvalue weighted by Gasteiger charge is 2.39. The van der Waals surface area contributed by atoms with E-state index in [4.69, 9.17) is 20.8 Å². The maximum Gasteiger partial charge on any atom is 0.423 e. The second-order valence-electron chi connectivity index (χ2n) is 10.9. The molecule has 1 amide bonds. The molecule has 0 bridgehead atoms. The number of nitro groups is 1. The van der Waals surface area contributed by atoms with E-state index in [9.17, 15) is 28.1 Å². The van der Waals surface area contributed by atoms with Crippen molar-refractivity contribution in [3.8, 4) is 0 Å². The average Bonchev–Trinajstić information content (AvgIpc) is 3.36. The fourth-order valence-electron chi connectivity index (χ4n) is 5.74. The molecule has 2 aliphatic rings. The van der Waals surface area contributed by atoms with E-state index in [2.05, 4.69) is 4.90 Å². The molecule has 5 rings (SSSR count). The number of hydrogen-bond donors (Lipinski definition) is 0. The van der Waals surface area contributed by atoms with Gasteiger partial charge in [-0.3, -0.25) is 19.8 Å². The third kappa shape index (κ3) is 6.99. The molecule has 42 heavy (non-hydrogen) atoms. The van der Waals surface area contributed by atoms with Crippen molar-refractivity contribution < 1.29 is 32.0 Å². The van der Waals surface area contributed by atoms with E-state index in [1.54, 1.807) is 22.9 Å². The van der Waals surface area contributed by atoms with Gasteiger partial charge >= 0.3 is 6.18 Å². The quantitative estimate of drug-likeness (QED) is 0.225. The molecule has 2 aromatic carbocycles. The Kier molecular flexibility index (Phi) is 8.95. The first-order chi connectivity index (χ1) is 20.0. The van der Waals surface area contributed by atoms with E-state index in [-0.39, 0.29) is 30.3 Å². The molecule has 0 radical (unpaired) electrons. The van der Waals surface area contributed by atoms with Crippen LogP contribution in [-0.2, 0) is 22.3 Å². The highest BCUT2D eigenvalue weighted by molar-refractivity contribution is 6.31. The van der Waals surface area contributed by atoms with Crippen molar-refractivity contribution in [2.45, 2.75) is 50.6 Å². The Bertz CT molecular complexity index is 1430. The third-order valence-corrected chi connectivity index (χ3v) is 8.39. The van der Waals surface area contributed by atoms with Crippen LogP contribution in [0.1, 0.15) is 37.0 Å². The largest absolute Gasteiger partial charge is 0.460 e. The molecular formula is C29H32ClF3N4O5. The van der Waals surface area contributed by atoms with Crippen LogP contribution in [0.5, 0.6) is 0 Å². The highest BCUT2D eigenvalue weighted by atomic mass is 35.5. The molecule has 226 valence electrons. The van der Waals surface area contributed by atoms with Gasteiger partial charge < -0.3 is 19.0 Å². The number of rotatable bonds is 8. The summed E-state index contributed by atoms with van der Waals surface area (Å²) in [5.74, 6) is 0.795. The lowest BCUT2D eigenvalue weighted by molar-refractivity contribution is -0.388. The van der Waals surface area contributed by atoms with Gasteiger partial charge in [0.05, 0.1) is 17.6 Å². The summed E-state index contributed by atoms with van der Waals surface area (Å²) in [4.78, 5) is 28.6. The van der Waals surface area contributed by atoms with Crippen molar-refractivity contribution in [3.63, 3.8) is 0 Å². The predicted molar refractivity (Wildman–Crippen MR) is 152 cm³/mol. The van der Waals surface area contributed by atoms with Gasteiger partial charge in [-0.1, -0.05) is 11.6 Å². The van der Waals surface area contributed by atoms with Gasteiger partial charge in [0, 0.05) is 61.4 Å². The molecule has 2 fully saturated rings. The molecule has 1 saturated heterocycles. The van der Waals surface area contributed by atoms with Crippen LogP contribution in [0.2, 0.25) is 5.02 Å². The van der Waals surface area contributed by atoms with Gasteiger partial charge in [0.25, 0.3) is 5.69 Å². The molecule has 9 nitrogen and oxygen atoms in total. The van der Waals surface area contributed by atoms with Crippen LogP contribution in [0.4, 0.5) is 24.5 Å². The smallest absolute Gasteiger partial charge is 0.423 e. The standard InChI is InChI=1S/C29H32ClF3N4O5/c1-34(22-5-8-26(37(39)40)25(16-22)29(31,32)33)21-3-6-23(7-4-21)41-18-28(38)36-12-10-35(11-13-36)17-24-15-19-14-20(30)2-9-27(19)42-24/h2,5,8-9,14-16,21,23H,3-4,6-7,10-13,17-18H2,1H3/t21-,23-. The molecule has 0 spiro atoms. The summed E-state index contributed by atoms with van der Waals surface area (Å²) in [7, 11) is 1.69. The van der Waals surface area contributed by atoms with Gasteiger partial charge in [-0.15, -0.1) is 0 Å². The molecule has 13 heteroatoms. The van der Waals surface area contributed by atoms with Gasteiger partial charge in [0.2, 0.25) is 5.91 Å². The molecule has 1 aromatic heterocycles. The van der Waals surface area contributed by atoms with E-state index < -0.39 is 22.4 Å². The van der Waals surface area contributed by atoms with Crippen LogP contribution in [0.25, 0.3) is 11.0 Å². The molecule has 3 aromatic rings. The van der Waals surface area contributed by atoms with Gasteiger partial charge in [-0.05, 0) is 62.1 Å². The molecule has 0 atom stereocenters. The Morgan fingerprint density at radius 3 is 2.48 bits per heavy atom. The number of nitrogens with zero attached hydrogens (tertiary/aromatic N) is 4. The summed E-state index contributed by atoms with van der Waals surface area (Å²) in [6.07, 6.45) is -2.27. The van der Waals surface area contributed by atoms with E-state index in [1.807, 2.05) is 18.2 Å². The fourth-order valence-corrected chi connectivity index (χ4v) is 5.92. The normalized spacial score (nSPS) is 20.2. The van der Waals surface area contributed by atoms with Crippen LogP contribution < -0.4 is 4.90 Å². The first-order valence-electron chi connectivity index (χ1n) is 13.9. The van der Waals surface area contributed by atoms with Crippen LogP contribution in [-0.4, -0.2) is 72.6 Å². The van der Waals surface area contributed by atoms with Crippen molar-refractivity contribution in [1.29, 1.82) is 0 Å². The van der Waals surface area contributed by atoms with Crippen molar-refractivity contribution >= 4 is 39.9 Å². The second kappa shape index (κ2) is 12.5. The zero-order valence-electron chi connectivity index (χ0n) is 23.1. The van der Waals surface area contributed by atoms with Crippen LogP contribution >= 0.6 is 11.6 Å². The molecule has 0 unspecified atom stereocenters. The van der Waals surface area contributed by atoms with E-state index >= 15 is 0 Å². The molecule has 1 saturated carbocycles. The number of nitro benzene ring substituents is 1. The summed E-state index contributed by atoms with van der Waals surface area (Å²) in [5.41, 5.74) is -1.15. The van der Waals surface area contributed by atoms with E-state index in [0.29, 0.717) is 50.3 Å². The summed E-state index contributed by atoms with van der Waals surface area (Å²) in [6, 6.07) is 10.6. The number of amides is 1. The minimum absolute atomic E-state index is 0.00714. The second-order valence-corrected chi connectivity index (χ2v) is 11.3. The number of anilines is 1. The molecule has 2 heterocycles. The van der Waals surface area contributed by atoms with Gasteiger partial charge in [0.1, 0.15) is 23.5 Å². The van der Waals surface area contributed by atoms with E-state index in [1.165, 1.54) is 6.07 Å². The summed E-state index contributed by atoms with van der Waals surface area (Å²) in [5, 5.41) is 12.7. The molecular weight excluding hydrogens is 577 g/mol. The fraction of sp³-hybridized carbons (Fsp3) is 0.483. The van der Waals surface area contributed by atoms with Crippen molar-refractivity contribution in [2.24, 2.45) is 0 Å². The van der Waals surface area contributed by atoms with Crippen LogP contribution in [0.15, 0.2) is 46.9 Å². The SMILES string of the molecule is CN(c1ccc([N+](=O)[O-])c(C(F)(F)F)c1)[C@H]1CC[C@H](OCC(=O)N2CCN(Cc3cc4cc(Cl)ccc4o3)CC2)CC1. The zero-order valence-corrected chi connectivity index (χ0v) is 23.9. The summed E-state index contributed by atoms with van der Waals surface area (Å²) in [6.45, 7) is 3.29. The first kappa shape index (κ1) is 30.1. The lowest BCUT2D eigenvalue weighted by Crippen LogP contribution is -2.49. The number of hydrogen-bond acceptors (Lipinski definition) is 7. The van der Waals surface area contributed by atoms with Crippen molar-refractivity contribution in [1.82, 2.24) is 9.80 Å². The van der Waals surface area contributed by atoms with Gasteiger partial charge in [-0.2, -0.15) is 13.2 Å². The summed E-state index contributed by atoms with van der Waals surface area (Å²) >= 11 is 6.06. The Labute approximate surface area is 245 Å². The number of benzene rings is 2. The number of carbonyl (C=O) groups excluding carboxylic acids is 1. The zero-order chi connectivity index (χ0) is 30.0. The predicted octanol–water partition coefficient (Wildman–Crippen LogP) is 6.12.